The van der Waals surface area contributed by atoms with E-state index in [-0.39, 0.29) is 22.4 Å². The Morgan fingerprint density at radius 1 is 1.28 bits per heavy atom. The van der Waals surface area contributed by atoms with E-state index < -0.39 is 15.8 Å². The minimum atomic E-state index is -3.78. The van der Waals surface area contributed by atoms with E-state index in [9.17, 15) is 12.8 Å². The smallest absolute Gasteiger partial charge is 0.246 e. The molecular weight excluding hydrogens is 255 g/mol. The van der Waals surface area contributed by atoms with Gasteiger partial charge in [0.25, 0.3) is 0 Å². The lowest BCUT2D eigenvalue weighted by atomic mass is 10.0. The Morgan fingerprint density at radius 2 is 1.83 bits per heavy atom. The average Bonchev–Trinajstić information content (AvgIpc) is 2.63. The molecule has 100 valence electrons. The first kappa shape index (κ1) is 13.3. The molecule has 4 nitrogen and oxygen atoms in total. The fourth-order valence-electron chi connectivity index (χ4n) is 2.13. The zero-order valence-electron chi connectivity index (χ0n) is 10.4. The average molecular weight is 272 g/mol. The topological polar surface area (TPSA) is 63.4 Å². The highest BCUT2D eigenvalue weighted by atomic mass is 32.2. The van der Waals surface area contributed by atoms with Gasteiger partial charge in [-0.05, 0) is 30.0 Å². The zero-order chi connectivity index (χ0) is 13.5. The normalized spacial score (nSPS) is 25.5. The van der Waals surface area contributed by atoms with Crippen LogP contribution in [0, 0.1) is 17.7 Å². The van der Waals surface area contributed by atoms with Crippen molar-refractivity contribution in [3.8, 4) is 0 Å². The lowest BCUT2D eigenvalue weighted by Crippen LogP contribution is -2.29. The SMILES string of the molecule is CC1CN(S(=O)(=O)c2cc(N)ccc2F)CC1C. The fourth-order valence-corrected chi connectivity index (χ4v) is 3.87. The van der Waals surface area contributed by atoms with Gasteiger partial charge in [-0.15, -0.1) is 0 Å². The van der Waals surface area contributed by atoms with E-state index >= 15 is 0 Å². The molecule has 0 saturated carbocycles. The largest absolute Gasteiger partial charge is 0.399 e. The summed E-state index contributed by atoms with van der Waals surface area (Å²) in [6.07, 6.45) is 0. The van der Waals surface area contributed by atoms with Crippen LogP contribution in [0.25, 0.3) is 0 Å². The van der Waals surface area contributed by atoms with Crippen molar-refractivity contribution in [2.75, 3.05) is 18.8 Å². The number of anilines is 1. The molecule has 0 radical (unpaired) electrons. The van der Waals surface area contributed by atoms with Crippen LogP contribution in [0.2, 0.25) is 0 Å². The van der Waals surface area contributed by atoms with Gasteiger partial charge in [-0.3, -0.25) is 0 Å². The van der Waals surface area contributed by atoms with E-state index in [1.165, 1.54) is 16.4 Å². The summed E-state index contributed by atoms with van der Waals surface area (Å²) in [4.78, 5) is -0.330. The number of benzene rings is 1. The molecule has 0 aromatic heterocycles. The Labute approximate surface area is 107 Å². The summed E-state index contributed by atoms with van der Waals surface area (Å²) in [5.74, 6) is -0.191. The Morgan fingerprint density at radius 3 is 2.39 bits per heavy atom. The van der Waals surface area contributed by atoms with E-state index in [0.717, 1.165) is 6.07 Å². The van der Waals surface area contributed by atoms with E-state index in [2.05, 4.69) is 0 Å². The molecule has 2 unspecified atom stereocenters. The number of hydrogen-bond donors (Lipinski definition) is 1. The number of nitrogens with zero attached hydrogens (tertiary/aromatic N) is 1. The minimum absolute atomic E-state index is 0.246. The molecule has 18 heavy (non-hydrogen) atoms. The second-order valence-corrected chi connectivity index (χ2v) is 6.87. The molecule has 1 aliphatic rings. The van der Waals surface area contributed by atoms with Gasteiger partial charge >= 0.3 is 0 Å². The van der Waals surface area contributed by atoms with Crippen molar-refractivity contribution in [2.45, 2.75) is 18.7 Å². The molecule has 2 N–H and O–H groups in total. The predicted octanol–water partition coefficient (Wildman–Crippen LogP) is 1.68. The minimum Gasteiger partial charge on any atom is -0.399 e. The van der Waals surface area contributed by atoms with Crippen LogP contribution in [0.5, 0.6) is 0 Å². The van der Waals surface area contributed by atoms with Gasteiger partial charge in [0.1, 0.15) is 10.7 Å². The second-order valence-electron chi connectivity index (χ2n) is 4.97. The van der Waals surface area contributed by atoms with Gasteiger partial charge in [0, 0.05) is 18.8 Å². The summed E-state index contributed by atoms with van der Waals surface area (Å²) in [7, 11) is -3.78. The number of nitrogens with two attached hydrogens (primary N) is 1. The molecule has 0 bridgehead atoms. The van der Waals surface area contributed by atoms with Crippen molar-refractivity contribution in [3.63, 3.8) is 0 Å². The number of halogens is 1. The summed E-state index contributed by atoms with van der Waals surface area (Å²) in [5, 5.41) is 0. The van der Waals surface area contributed by atoms with Crippen molar-refractivity contribution in [1.82, 2.24) is 4.31 Å². The molecule has 1 aliphatic heterocycles. The Kier molecular flexibility index (Phi) is 3.33. The first-order valence-electron chi connectivity index (χ1n) is 5.87. The summed E-state index contributed by atoms with van der Waals surface area (Å²) in [6.45, 7) is 4.85. The van der Waals surface area contributed by atoms with Gasteiger partial charge in [-0.2, -0.15) is 4.31 Å². The van der Waals surface area contributed by atoms with Crippen LogP contribution >= 0.6 is 0 Å². The molecule has 2 rings (SSSR count). The number of nitrogen functional groups attached to an aromatic ring is 1. The van der Waals surface area contributed by atoms with Gasteiger partial charge in [-0.25, -0.2) is 12.8 Å². The Balaban J connectivity index is 2.40. The third-order valence-corrected chi connectivity index (χ3v) is 5.37. The molecule has 1 aromatic carbocycles. The molecule has 0 aliphatic carbocycles. The first-order chi connectivity index (χ1) is 8.32. The molecule has 1 heterocycles. The lowest BCUT2D eigenvalue weighted by Gasteiger charge is -2.16. The highest BCUT2D eigenvalue weighted by molar-refractivity contribution is 7.89. The first-order valence-corrected chi connectivity index (χ1v) is 7.31. The summed E-state index contributed by atoms with van der Waals surface area (Å²) >= 11 is 0. The summed E-state index contributed by atoms with van der Waals surface area (Å²) < 4.78 is 39.6. The van der Waals surface area contributed by atoms with Crippen molar-refractivity contribution in [1.29, 1.82) is 0 Å². The van der Waals surface area contributed by atoms with Gasteiger partial charge in [0.15, 0.2) is 0 Å². The monoisotopic (exact) mass is 272 g/mol. The van der Waals surface area contributed by atoms with Crippen LogP contribution in [0.3, 0.4) is 0 Å². The van der Waals surface area contributed by atoms with Crippen molar-refractivity contribution in [2.24, 2.45) is 11.8 Å². The highest BCUT2D eigenvalue weighted by Gasteiger charge is 2.36. The predicted molar refractivity (Wildman–Crippen MR) is 67.9 cm³/mol. The van der Waals surface area contributed by atoms with Crippen molar-refractivity contribution >= 4 is 15.7 Å². The van der Waals surface area contributed by atoms with Gasteiger partial charge in [0.05, 0.1) is 0 Å². The molecular formula is C12H17FN2O2S. The maximum Gasteiger partial charge on any atom is 0.246 e. The fraction of sp³-hybridized carbons (Fsp3) is 0.500. The van der Waals surface area contributed by atoms with Crippen LogP contribution in [-0.2, 0) is 10.0 Å². The molecule has 6 heteroatoms. The number of hydrogen-bond acceptors (Lipinski definition) is 3. The van der Waals surface area contributed by atoms with Crippen LogP contribution in [0.4, 0.5) is 10.1 Å². The molecule has 1 fully saturated rings. The van der Waals surface area contributed by atoms with Crippen LogP contribution in [0.1, 0.15) is 13.8 Å². The van der Waals surface area contributed by atoms with Crippen molar-refractivity contribution in [3.05, 3.63) is 24.0 Å². The number of rotatable bonds is 2. The van der Waals surface area contributed by atoms with E-state index in [1.807, 2.05) is 13.8 Å². The summed E-state index contributed by atoms with van der Waals surface area (Å²) in [5.41, 5.74) is 5.77. The van der Waals surface area contributed by atoms with Crippen molar-refractivity contribution < 1.29 is 12.8 Å². The highest BCUT2D eigenvalue weighted by Crippen LogP contribution is 2.29. The van der Waals surface area contributed by atoms with E-state index in [4.69, 9.17) is 5.73 Å². The molecule has 1 aromatic rings. The van der Waals surface area contributed by atoms with Gasteiger partial charge in [-0.1, -0.05) is 13.8 Å². The van der Waals surface area contributed by atoms with E-state index in [0.29, 0.717) is 13.1 Å². The van der Waals surface area contributed by atoms with E-state index in [1.54, 1.807) is 0 Å². The molecule has 2 atom stereocenters. The number of sulfonamides is 1. The van der Waals surface area contributed by atoms with Crippen LogP contribution in [-0.4, -0.2) is 25.8 Å². The summed E-state index contributed by atoms with van der Waals surface area (Å²) in [6, 6.07) is 3.62. The van der Waals surface area contributed by atoms with Gasteiger partial charge < -0.3 is 5.73 Å². The van der Waals surface area contributed by atoms with Crippen LogP contribution < -0.4 is 5.73 Å². The van der Waals surface area contributed by atoms with Gasteiger partial charge in [0.2, 0.25) is 10.0 Å². The zero-order valence-corrected chi connectivity index (χ0v) is 11.2. The Bertz CT molecular complexity index is 549. The Hall–Kier alpha value is -1.14. The molecule has 0 spiro atoms. The lowest BCUT2D eigenvalue weighted by molar-refractivity contribution is 0.457. The third kappa shape index (κ3) is 2.22. The maximum absolute atomic E-state index is 13.7. The maximum atomic E-state index is 13.7. The molecule has 0 amide bonds. The second kappa shape index (κ2) is 4.51. The van der Waals surface area contributed by atoms with Crippen LogP contribution in [0.15, 0.2) is 23.1 Å². The molecule has 1 saturated heterocycles. The third-order valence-electron chi connectivity index (χ3n) is 3.53. The standard InChI is InChI=1S/C12H17FN2O2S/c1-8-6-15(7-9(8)2)18(16,17)12-5-10(14)3-4-11(12)13/h3-5,8-9H,6-7,14H2,1-2H3. The quantitative estimate of drug-likeness (QED) is 0.833.